The van der Waals surface area contributed by atoms with Gasteiger partial charge in [-0.2, -0.15) is 0 Å². The minimum Gasteiger partial charge on any atom is -0.399 e. The lowest BCUT2D eigenvalue weighted by Gasteiger charge is -2.37. The van der Waals surface area contributed by atoms with Crippen LogP contribution in [0.4, 0.5) is 22.0 Å². The third kappa shape index (κ3) is 7.21. The van der Waals surface area contributed by atoms with Crippen LogP contribution >= 0.6 is 0 Å². The molecule has 2 saturated carbocycles. The molecule has 0 bridgehead atoms. The maximum atomic E-state index is 13.9. The van der Waals surface area contributed by atoms with Crippen LogP contribution in [-0.4, -0.2) is 6.36 Å². The lowest BCUT2D eigenvalue weighted by atomic mass is 9.68. The van der Waals surface area contributed by atoms with Crippen LogP contribution in [0.3, 0.4) is 0 Å². The highest BCUT2D eigenvalue weighted by Crippen LogP contribution is 2.43. The predicted molar refractivity (Wildman–Crippen MR) is 112 cm³/mol. The van der Waals surface area contributed by atoms with Gasteiger partial charge in [0.1, 0.15) is 0 Å². The summed E-state index contributed by atoms with van der Waals surface area (Å²) in [6.07, 6.45) is 11.8. The van der Waals surface area contributed by atoms with Crippen molar-refractivity contribution >= 4 is 0 Å². The lowest BCUT2D eigenvalue weighted by Crippen LogP contribution is -2.26. The highest BCUT2D eigenvalue weighted by Gasteiger charge is 2.34. The molecule has 1 aromatic rings. The third-order valence-electron chi connectivity index (χ3n) is 7.27. The van der Waals surface area contributed by atoms with Crippen molar-refractivity contribution in [3.63, 3.8) is 0 Å². The van der Waals surface area contributed by atoms with Gasteiger partial charge in [-0.25, -0.2) is 8.78 Å². The SMILES string of the molecule is CC=CCC1CCC(C2CCC(CCc3cc(F)c(OC(F)(F)F)c(F)c3)CC2)CC1. The fraction of sp³-hybridized carbons (Fsp3) is 0.680. The van der Waals surface area contributed by atoms with E-state index in [0.717, 1.165) is 49.1 Å². The van der Waals surface area contributed by atoms with Crippen molar-refractivity contribution in [1.29, 1.82) is 0 Å². The molecule has 0 aromatic heterocycles. The molecule has 0 spiro atoms. The Kier molecular flexibility index (Phi) is 8.40. The van der Waals surface area contributed by atoms with Gasteiger partial charge in [-0.05, 0) is 106 Å². The van der Waals surface area contributed by atoms with Crippen molar-refractivity contribution in [1.82, 2.24) is 0 Å². The third-order valence-corrected chi connectivity index (χ3v) is 7.27. The number of alkyl halides is 3. The number of allylic oxidation sites excluding steroid dienone is 2. The molecule has 0 saturated heterocycles. The van der Waals surface area contributed by atoms with Crippen molar-refractivity contribution in [3.8, 4) is 5.75 Å². The van der Waals surface area contributed by atoms with Crippen molar-refractivity contribution in [2.45, 2.75) is 83.9 Å². The minimum atomic E-state index is -5.12. The highest BCUT2D eigenvalue weighted by molar-refractivity contribution is 5.31. The number of hydrogen-bond acceptors (Lipinski definition) is 1. The maximum Gasteiger partial charge on any atom is 0.573 e. The Morgan fingerprint density at radius 2 is 1.39 bits per heavy atom. The second kappa shape index (κ2) is 10.8. The smallest absolute Gasteiger partial charge is 0.399 e. The average Bonchev–Trinajstić information content (AvgIpc) is 2.73. The number of aryl methyl sites for hydroxylation is 1. The first-order valence-corrected chi connectivity index (χ1v) is 11.6. The van der Waals surface area contributed by atoms with Crippen LogP contribution in [-0.2, 0) is 6.42 Å². The Morgan fingerprint density at radius 1 is 0.871 bits per heavy atom. The van der Waals surface area contributed by atoms with E-state index in [1.165, 1.54) is 44.9 Å². The summed E-state index contributed by atoms with van der Waals surface area (Å²) in [5, 5.41) is 0. The van der Waals surface area contributed by atoms with Gasteiger partial charge < -0.3 is 4.74 Å². The summed E-state index contributed by atoms with van der Waals surface area (Å²) in [4.78, 5) is 0. The molecule has 0 unspecified atom stereocenters. The number of ether oxygens (including phenoxy) is 1. The minimum absolute atomic E-state index is 0.381. The zero-order valence-electron chi connectivity index (χ0n) is 18.2. The van der Waals surface area contributed by atoms with E-state index in [-0.39, 0.29) is 0 Å². The summed E-state index contributed by atoms with van der Waals surface area (Å²) in [7, 11) is 0. The summed E-state index contributed by atoms with van der Waals surface area (Å²) in [5.74, 6) is -0.990. The molecule has 0 heterocycles. The van der Waals surface area contributed by atoms with Crippen molar-refractivity contribution in [2.75, 3.05) is 0 Å². The molecule has 2 aliphatic carbocycles. The normalized spacial score (nSPS) is 27.5. The molecule has 1 aromatic carbocycles. The van der Waals surface area contributed by atoms with Gasteiger partial charge >= 0.3 is 6.36 Å². The summed E-state index contributed by atoms with van der Waals surface area (Å²) in [6, 6.07) is 1.92. The summed E-state index contributed by atoms with van der Waals surface area (Å²) >= 11 is 0. The van der Waals surface area contributed by atoms with Crippen LogP contribution in [0.5, 0.6) is 5.75 Å². The largest absolute Gasteiger partial charge is 0.573 e. The van der Waals surface area contributed by atoms with Gasteiger partial charge in [0.25, 0.3) is 0 Å². The molecule has 6 heteroatoms. The van der Waals surface area contributed by atoms with Crippen molar-refractivity contribution < 1.29 is 26.7 Å². The molecule has 174 valence electrons. The van der Waals surface area contributed by atoms with E-state index in [2.05, 4.69) is 23.8 Å². The molecule has 3 rings (SSSR count). The Hall–Kier alpha value is -1.59. The standard InChI is InChI=1S/C25H33F5O/c1-2-3-4-17-7-11-20(12-8-17)21-13-9-18(10-14-21)5-6-19-15-22(26)24(23(27)16-19)31-25(28,29)30/h2-3,15-18,20-21H,4-14H2,1H3. The van der Waals surface area contributed by atoms with E-state index in [1.807, 2.05) is 0 Å². The molecule has 0 aliphatic heterocycles. The second-order valence-corrected chi connectivity index (χ2v) is 9.34. The van der Waals surface area contributed by atoms with Gasteiger partial charge in [0, 0.05) is 0 Å². The molecule has 0 amide bonds. The average molecular weight is 445 g/mol. The van der Waals surface area contributed by atoms with Gasteiger partial charge in [-0.1, -0.05) is 25.0 Å². The molecule has 2 fully saturated rings. The van der Waals surface area contributed by atoms with Crippen LogP contribution in [0, 0.1) is 35.3 Å². The Balaban J connectivity index is 1.43. The lowest BCUT2D eigenvalue weighted by molar-refractivity contribution is -0.276. The van der Waals surface area contributed by atoms with Gasteiger partial charge in [-0.15, -0.1) is 13.2 Å². The first-order chi connectivity index (χ1) is 14.7. The number of hydrogen-bond donors (Lipinski definition) is 0. The molecule has 2 aliphatic rings. The molecular formula is C25H33F5O. The van der Waals surface area contributed by atoms with Crippen molar-refractivity contribution in [2.24, 2.45) is 23.7 Å². The van der Waals surface area contributed by atoms with Gasteiger partial charge in [0.15, 0.2) is 11.6 Å². The molecule has 0 radical (unpaired) electrons. The van der Waals surface area contributed by atoms with E-state index in [0.29, 0.717) is 17.9 Å². The zero-order valence-corrected chi connectivity index (χ0v) is 18.2. The number of benzene rings is 1. The van der Waals surface area contributed by atoms with Gasteiger partial charge in [0.05, 0.1) is 0 Å². The van der Waals surface area contributed by atoms with Crippen LogP contribution in [0.15, 0.2) is 24.3 Å². The topological polar surface area (TPSA) is 9.23 Å². The summed E-state index contributed by atoms with van der Waals surface area (Å²) in [6.45, 7) is 2.08. The Morgan fingerprint density at radius 3 is 1.87 bits per heavy atom. The molecule has 31 heavy (non-hydrogen) atoms. The van der Waals surface area contributed by atoms with E-state index < -0.39 is 23.7 Å². The fourth-order valence-electron chi connectivity index (χ4n) is 5.51. The van der Waals surface area contributed by atoms with Gasteiger partial charge in [0.2, 0.25) is 5.75 Å². The highest BCUT2D eigenvalue weighted by atomic mass is 19.4. The summed E-state index contributed by atoms with van der Waals surface area (Å²) in [5.41, 5.74) is 0.381. The number of rotatable bonds is 7. The molecule has 0 atom stereocenters. The second-order valence-electron chi connectivity index (χ2n) is 9.34. The quantitative estimate of drug-likeness (QED) is 0.303. The monoisotopic (exact) mass is 444 g/mol. The van der Waals surface area contributed by atoms with Crippen LogP contribution in [0.25, 0.3) is 0 Å². The molecular weight excluding hydrogens is 411 g/mol. The van der Waals surface area contributed by atoms with Crippen LogP contribution in [0.2, 0.25) is 0 Å². The molecule has 1 nitrogen and oxygen atoms in total. The van der Waals surface area contributed by atoms with E-state index in [1.54, 1.807) is 0 Å². The first-order valence-electron chi connectivity index (χ1n) is 11.6. The predicted octanol–water partition coefficient (Wildman–Crippen LogP) is 8.38. The van der Waals surface area contributed by atoms with Crippen LogP contribution < -0.4 is 4.74 Å². The van der Waals surface area contributed by atoms with E-state index in [9.17, 15) is 22.0 Å². The maximum absolute atomic E-state index is 13.9. The van der Waals surface area contributed by atoms with Gasteiger partial charge in [-0.3, -0.25) is 0 Å². The van der Waals surface area contributed by atoms with Crippen molar-refractivity contribution in [3.05, 3.63) is 41.5 Å². The Labute approximate surface area is 182 Å². The summed E-state index contributed by atoms with van der Waals surface area (Å²) < 4.78 is 68.0. The zero-order chi connectivity index (χ0) is 22.4. The van der Waals surface area contributed by atoms with E-state index >= 15 is 0 Å². The number of halogens is 5. The molecule has 0 N–H and O–H groups in total. The first kappa shape index (κ1) is 24.1. The fourth-order valence-corrected chi connectivity index (χ4v) is 5.51. The van der Waals surface area contributed by atoms with E-state index in [4.69, 9.17) is 0 Å². The Bertz CT molecular complexity index is 703. The van der Waals surface area contributed by atoms with Crippen LogP contribution in [0.1, 0.15) is 76.7 Å².